The number of hydrogen-bond donors (Lipinski definition) is 0. The van der Waals surface area contributed by atoms with Gasteiger partial charge in [-0.1, -0.05) is 346 Å². The summed E-state index contributed by atoms with van der Waals surface area (Å²) in [7, 11) is 0. The van der Waals surface area contributed by atoms with Gasteiger partial charge in [-0.2, -0.15) is 0 Å². The number of rotatable bonds is 7. The van der Waals surface area contributed by atoms with E-state index in [-0.39, 0.29) is 0 Å². The molecule has 0 bridgehead atoms. The number of aromatic nitrogens is 4. The van der Waals surface area contributed by atoms with Gasteiger partial charge in [0.1, 0.15) is 23.0 Å². The third-order valence-electron chi connectivity index (χ3n) is 26.6. The Morgan fingerprint density at radius 3 is 1.02 bits per heavy atom. The van der Waals surface area contributed by atoms with Gasteiger partial charge in [-0.25, -0.2) is 19.9 Å². The molecule has 125 heavy (non-hydrogen) atoms. The first kappa shape index (κ1) is 70.8. The summed E-state index contributed by atoms with van der Waals surface area (Å²) in [6.45, 7) is 0. The molecule has 27 rings (SSSR count). The predicted molar refractivity (Wildman–Crippen MR) is 515 cm³/mol. The number of fused-ring (bicyclic) bond motifs is 29. The summed E-state index contributed by atoms with van der Waals surface area (Å²) in [6, 6.07) is 153. The van der Waals surface area contributed by atoms with Crippen LogP contribution in [-0.4, -0.2) is 19.9 Å². The molecule has 2 spiro atoms. The fraction of sp³-hybridized carbons (Fsp3) is 0.0169. The maximum atomic E-state index is 6.71. The molecule has 0 N–H and O–H groups in total. The maximum Gasteiger partial charge on any atom is 0.160 e. The summed E-state index contributed by atoms with van der Waals surface area (Å²) in [4.78, 5) is 21.6. The molecule has 0 radical (unpaired) electrons. The second-order valence-electron chi connectivity index (χ2n) is 33.1. The summed E-state index contributed by atoms with van der Waals surface area (Å²) in [5, 5.41) is 12.8. The lowest BCUT2D eigenvalue weighted by molar-refractivity contribution is 0.436. The van der Waals surface area contributed by atoms with E-state index in [1.165, 1.54) is 104 Å². The van der Waals surface area contributed by atoms with Crippen LogP contribution in [0.25, 0.3) is 186 Å². The lowest BCUT2D eigenvalue weighted by Gasteiger charge is -2.39. The molecule has 7 heteroatoms. The molecule has 0 saturated heterocycles. The van der Waals surface area contributed by atoms with Crippen LogP contribution >= 0.6 is 11.3 Å². The summed E-state index contributed by atoms with van der Waals surface area (Å²) in [5.41, 5.74) is 30.6. The maximum absolute atomic E-state index is 6.71. The Bertz CT molecular complexity index is 8330. The molecule has 2 aliphatic carbocycles. The minimum atomic E-state index is -0.591. The molecule has 4 aliphatic rings. The molecule has 6 nitrogen and oxygen atoms in total. The third kappa shape index (κ3) is 10.5. The molecule has 0 atom stereocenters. The number of pyridine rings is 2. The highest BCUT2D eigenvalue weighted by atomic mass is 32.1. The van der Waals surface area contributed by atoms with Crippen molar-refractivity contribution in [3.63, 3.8) is 0 Å². The summed E-state index contributed by atoms with van der Waals surface area (Å²) < 4.78 is 15.7. The van der Waals surface area contributed by atoms with Crippen LogP contribution in [0.1, 0.15) is 44.5 Å². The predicted octanol–water partition coefficient (Wildman–Crippen LogP) is 30.8. The van der Waals surface area contributed by atoms with Gasteiger partial charge in [0.25, 0.3) is 0 Å². The van der Waals surface area contributed by atoms with Crippen LogP contribution in [0.15, 0.2) is 425 Å². The Morgan fingerprint density at radius 1 is 0.200 bits per heavy atom. The number of nitrogens with zero attached hydrogens (tertiary/aromatic N) is 4. The van der Waals surface area contributed by atoms with E-state index in [9.17, 15) is 0 Å². The van der Waals surface area contributed by atoms with Gasteiger partial charge in [0.15, 0.2) is 5.82 Å². The van der Waals surface area contributed by atoms with Crippen molar-refractivity contribution in [3.05, 3.63) is 469 Å². The van der Waals surface area contributed by atoms with Crippen LogP contribution in [-0.2, 0) is 10.8 Å². The molecule has 4 aromatic heterocycles. The van der Waals surface area contributed by atoms with E-state index in [0.29, 0.717) is 5.82 Å². The number of hydrogen-bond acceptors (Lipinski definition) is 7. The first-order valence-corrected chi connectivity index (χ1v) is 43.5. The quantitative estimate of drug-likeness (QED) is 0.117. The van der Waals surface area contributed by atoms with E-state index in [2.05, 4.69) is 406 Å². The molecule has 0 amide bonds. The Balaban J connectivity index is 0.000000134. The van der Waals surface area contributed by atoms with Crippen molar-refractivity contribution < 1.29 is 9.47 Å². The van der Waals surface area contributed by atoms with Gasteiger partial charge in [-0.05, 0) is 189 Å². The standard InChI is InChI=1S/C64H39NO.C54H31N3OS/c1-3-17-40(18-4-1)41-31-33-42(34-32-41)61-46-22-7-9-24-48(46)62(49-25-10-8-23-47(49)61)44-35-36-58-52(37-44)50-39-57-51(38-53(50)63(65-58)43-19-5-2-6-20-43)45-21-11-12-26-54(45)64(57)55-27-13-15-29-59(55)66-60-30-16-14-28-56(60)64;1-3-15-32(16-4-1)49-40-30-38-35-19-7-9-21-41(35)54(42-22-10-12-24-46(42)58-47-25-13-11-23-43(47)54)44(38)31-37(40)39-29-34(27-28-45(39)55-49)50-52-51(36-20-8-14-26-48(36)59-52)57-53(56-50)33-17-5-2-6-18-33/h1-39H;1-31H. The fourth-order valence-electron chi connectivity index (χ4n) is 21.3. The van der Waals surface area contributed by atoms with Crippen LogP contribution in [0.2, 0.25) is 0 Å². The highest BCUT2D eigenvalue weighted by molar-refractivity contribution is 7.26. The largest absolute Gasteiger partial charge is 0.457 e. The number of ether oxygens (including phenoxy) is 2. The average Bonchev–Trinajstić information content (AvgIpc) is 1.54. The van der Waals surface area contributed by atoms with Crippen molar-refractivity contribution in [2.75, 3.05) is 0 Å². The molecular formula is C118H70N4O2S. The summed E-state index contributed by atoms with van der Waals surface area (Å²) in [6.07, 6.45) is 0. The molecule has 19 aromatic carbocycles. The first-order chi connectivity index (χ1) is 62.0. The third-order valence-corrected chi connectivity index (χ3v) is 27.8. The Hall–Kier alpha value is -16.1. The molecular weight excluding hydrogens is 1540 g/mol. The number of para-hydroxylation sites is 4. The van der Waals surface area contributed by atoms with Gasteiger partial charge in [-0.15, -0.1) is 11.3 Å². The zero-order valence-corrected chi connectivity index (χ0v) is 68.2. The van der Waals surface area contributed by atoms with Crippen molar-refractivity contribution in [2.24, 2.45) is 0 Å². The molecule has 6 heterocycles. The molecule has 0 unspecified atom stereocenters. The van der Waals surface area contributed by atoms with Gasteiger partial charge < -0.3 is 9.47 Å². The van der Waals surface area contributed by atoms with E-state index < -0.39 is 10.8 Å². The molecule has 580 valence electrons. The van der Waals surface area contributed by atoms with Crippen molar-refractivity contribution >= 4 is 96.5 Å². The Morgan fingerprint density at radius 2 is 0.552 bits per heavy atom. The Labute approximate surface area is 724 Å². The summed E-state index contributed by atoms with van der Waals surface area (Å²) >= 11 is 1.75. The summed E-state index contributed by atoms with van der Waals surface area (Å²) in [5.74, 6) is 4.26. The normalized spacial score (nSPS) is 13.2. The van der Waals surface area contributed by atoms with Crippen molar-refractivity contribution in [3.8, 4) is 124 Å². The lowest BCUT2D eigenvalue weighted by atomic mass is 9.66. The average molecular weight is 1610 g/mol. The van der Waals surface area contributed by atoms with Gasteiger partial charge in [0, 0.05) is 76.1 Å². The van der Waals surface area contributed by atoms with E-state index in [1.807, 2.05) is 18.2 Å². The minimum Gasteiger partial charge on any atom is -0.457 e. The zero-order valence-electron chi connectivity index (χ0n) is 67.4. The minimum absolute atomic E-state index is 0.590. The number of thiophene rings is 1. The SMILES string of the molecule is c1ccc(-c2ccc(-c3c4ccccc4c(-c4ccc5nc(-c6ccccc6)c6cc7c(cc6c5c4)C4(c5ccccc5Oc5ccccc54)c4ccccc4-7)c4ccccc34)cc2)cc1.c1ccc(-c2nc(-c3ccc4nc(-c5ccccc5)c5cc6c(cc5c4c3)C3(c4ccccc4Oc4ccccc43)c3ccccc3-6)c3sc4ccccc4c3n2)cc1. The van der Waals surface area contributed by atoms with Crippen LogP contribution in [0.5, 0.6) is 23.0 Å². The van der Waals surface area contributed by atoms with Crippen LogP contribution in [0.3, 0.4) is 0 Å². The Kier molecular flexibility index (Phi) is 15.7. The monoisotopic (exact) mass is 1610 g/mol. The van der Waals surface area contributed by atoms with Crippen molar-refractivity contribution in [1.29, 1.82) is 0 Å². The lowest BCUT2D eigenvalue weighted by Crippen LogP contribution is -2.32. The molecule has 0 fully saturated rings. The highest BCUT2D eigenvalue weighted by Gasteiger charge is 2.53. The zero-order chi connectivity index (χ0) is 82.0. The fourth-order valence-corrected chi connectivity index (χ4v) is 22.5. The van der Waals surface area contributed by atoms with Gasteiger partial charge in [0.05, 0.1) is 49.2 Å². The molecule has 0 saturated carbocycles. The van der Waals surface area contributed by atoms with Gasteiger partial charge in [-0.3, -0.25) is 0 Å². The van der Waals surface area contributed by atoms with Crippen LogP contribution in [0, 0.1) is 0 Å². The van der Waals surface area contributed by atoms with E-state index in [0.717, 1.165) is 144 Å². The second kappa shape index (κ2) is 27.7. The number of benzene rings is 19. The highest BCUT2D eigenvalue weighted by Crippen LogP contribution is 2.66. The molecule has 2 aliphatic heterocycles. The van der Waals surface area contributed by atoms with E-state index in [4.69, 9.17) is 29.4 Å². The second-order valence-corrected chi connectivity index (χ2v) is 34.2. The first-order valence-electron chi connectivity index (χ1n) is 42.7. The van der Waals surface area contributed by atoms with Crippen molar-refractivity contribution in [1.82, 2.24) is 19.9 Å². The van der Waals surface area contributed by atoms with Crippen LogP contribution in [0.4, 0.5) is 0 Å². The van der Waals surface area contributed by atoms with Gasteiger partial charge in [0.2, 0.25) is 0 Å². The van der Waals surface area contributed by atoms with Gasteiger partial charge >= 0.3 is 0 Å². The van der Waals surface area contributed by atoms with Crippen LogP contribution < -0.4 is 9.47 Å². The smallest absolute Gasteiger partial charge is 0.160 e. The topological polar surface area (TPSA) is 70.0 Å². The van der Waals surface area contributed by atoms with E-state index >= 15 is 0 Å². The van der Waals surface area contributed by atoms with E-state index in [1.54, 1.807) is 11.3 Å². The molecule has 23 aromatic rings. The van der Waals surface area contributed by atoms with Crippen molar-refractivity contribution in [2.45, 2.75) is 10.8 Å².